The maximum atomic E-state index is 5.77. The van der Waals surface area contributed by atoms with Crippen molar-refractivity contribution in [1.29, 1.82) is 0 Å². The van der Waals surface area contributed by atoms with Crippen LogP contribution < -0.4 is 10.6 Å². The van der Waals surface area contributed by atoms with E-state index in [0.29, 0.717) is 18.4 Å². The SMILES string of the molecule is Cc1ncsc1CN(C)c1nc(N)nc(-n2cccn2)n1. The van der Waals surface area contributed by atoms with Crippen molar-refractivity contribution in [3.8, 4) is 5.95 Å². The fraction of sp³-hybridized carbons (Fsp3) is 0.250. The van der Waals surface area contributed by atoms with E-state index in [-0.39, 0.29) is 5.95 Å². The molecule has 0 aliphatic heterocycles. The lowest BCUT2D eigenvalue weighted by atomic mass is 10.4. The highest BCUT2D eigenvalue weighted by Crippen LogP contribution is 2.18. The molecule has 2 N–H and O–H groups in total. The third-order valence-electron chi connectivity index (χ3n) is 2.91. The molecule has 0 saturated heterocycles. The van der Waals surface area contributed by atoms with E-state index in [9.17, 15) is 0 Å². The molecule has 108 valence electrons. The fourth-order valence-electron chi connectivity index (χ4n) is 1.79. The lowest BCUT2D eigenvalue weighted by Crippen LogP contribution is -2.21. The molecule has 21 heavy (non-hydrogen) atoms. The first-order chi connectivity index (χ1) is 10.1. The zero-order valence-electron chi connectivity index (χ0n) is 11.6. The summed E-state index contributed by atoms with van der Waals surface area (Å²) >= 11 is 1.61. The van der Waals surface area contributed by atoms with Crippen LogP contribution in [0.15, 0.2) is 24.0 Å². The normalized spacial score (nSPS) is 10.8. The Labute approximate surface area is 125 Å². The Morgan fingerprint density at radius 3 is 2.86 bits per heavy atom. The molecule has 0 amide bonds. The van der Waals surface area contributed by atoms with Gasteiger partial charge in [0.2, 0.25) is 11.9 Å². The summed E-state index contributed by atoms with van der Waals surface area (Å²) < 4.78 is 1.55. The number of hydrogen-bond donors (Lipinski definition) is 1. The van der Waals surface area contributed by atoms with E-state index >= 15 is 0 Å². The summed E-state index contributed by atoms with van der Waals surface area (Å²) in [6, 6.07) is 1.80. The van der Waals surface area contributed by atoms with Crippen LogP contribution in [-0.4, -0.2) is 36.8 Å². The maximum absolute atomic E-state index is 5.77. The second-order valence-corrected chi connectivity index (χ2v) is 5.40. The molecule has 3 rings (SSSR count). The van der Waals surface area contributed by atoms with Crippen molar-refractivity contribution in [2.45, 2.75) is 13.5 Å². The predicted octanol–water partition coefficient (Wildman–Crippen LogP) is 1.04. The van der Waals surface area contributed by atoms with Crippen LogP contribution in [0.4, 0.5) is 11.9 Å². The van der Waals surface area contributed by atoms with Crippen LogP contribution in [0.25, 0.3) is 5.95 Å². The van der Waals surface area contributed by atoms with Crippen LogP contribution in [0.1, 0.15) is 10.6 Å². The van der Waals surface area contributed by atoms with Gasteiger partial charge in [0.05, 0.1) is 17.7 Å². The molecule has 0 saturated carbocycles. The van der Waals surface area contributed by atoms with Crippen molar-refractivity contribution in [3.05, 3.63) is 34.5 Å². The molecule has 0 unspecified atom stereocenters. The van der Waals surface area contributed by atoms with Crippen LogP contribution in [-0.2, 0) is 6.54 Å². The number of nitrogens with zero attached hydrogens (tertiary/aromatic N) is 7. The van der Waals surface area contributed by atoms with Gasteiger partial charge in [0.25, 0.3) is 5.95 Å². The second-order valence-electron chi connectivity index (χ2n) is 4.46. The molecule has 0 atom stereocenters. The first-order valence-corrected chi connectivity index (χ1v) is 7.13. The Hall–Kier alpha value is -2.55. The summed E-state index contributed by atoms with van der Waals surface area (Å²) in [5.74, 6) is 1.06. The Kier molecular flexibility index (Phi) is 3.48. The molecule has 3 aromatic rings. The Morgan fingerprint density at radius 2 is 2.19 bits per heavy atom. The summed E-state index contributed by atoms with van der Waals surface area (Å²) in [6.07, 6.45) is 3.41. The van der Waals surface area contributed by atoms with Gasteiger partial charge in [-0.25, -0.2) is 9.67 Å². The van der Waals surface area contributed by atoms with Crippen LogP contribution in [0, 0.1) is 6.92 Å². The van der Waals surface area contributed by atoms with Gasteiger partial charge in [0.15, 0.2) is 0 Å². The van der Waals surface area contributed by atoms with Crippen molar-refractivity contribution in [1.82, 2.24) is 29.7 Å². The minimum atomic E-state index is 0.165. The van der Waals surface area contributed by atoms with E-state index in [1.807, 2.05) is 24.4 Å². The summed E-state index contributed by atoms with van der Waals surface area (Å²) in [6.45, 7) is 2.65. The van der Waals surface area contributed by atoms with Crippen LogP contribution in [0.5, 0.6) is 0 Å². The molecule has 9 heteroatoms. The lowest BCUT2D eigenvalue weighted by Gasteiger charge is -2.17. The second kappa shape index (κ2) is 5.44. The molecule has 3 aromatic heterocycles. The molecule has 0 aliphatic rings. The topological polar surface area (TPSA) is 98.6 Å². The molecule has 0 fully saturated rings. The van der Waals surface area contributed by atoms with Gasteiger partial charge in [-0.15, -0.1) is 11.3 Å². The largest absolute Gasteiger partial charge is 0.368 e. The van der Waals surface area contributed by atoms with Crippen molar-refractivity contribution < 1.29 is 0 Å². The number of aromatic nitrogens is 6. The third-order valence-corrected chi connectivity index (χ3v) is 3.83. The van der Waals surface area contributed by atoms with Gasteiger partial charge in [-0.3, -0.25) is 0 Å². The Bertz CT molecular complexity index is 736. The van der Waals surface area contributed by atoms with E-state index < -0.39 is 0 Å². The Balaban J connectivity index is 1.89. The van der Waals surface area contributed by atoms with E-state index in [1.54, 1.807) is 34.5 Å². The highest BCUT2D eigenvalue weighted by atomic mass is 32.1. The van der Waals surface area contributed by atoms with Crippen molar-refractivity contribution in [3.63, 3.8) is 0 Å². The monoisotopic (exact) mass is 302 g/mol. The average molecular weight is 302 g/mol. The van der Waals surface area contributed by atoms with Gasteiger partial charge in [0.1, 0.15) is 0 Å². The van der Waals surface area contributed by atoms with E-state index in [1.165, 1.54) is 0 Å². The predicted molar refractivity (Wildman–Crippen MR) is 80.3 cm³/mol. The van der Waals surface area contributed by atoms with Crippen molar-refractivity contribution in [2.24, 2.45) is 0 Å². The van der Waals surface area contributed by atoms with Crippen LogP contribution in [0.3, 0.4) is 0 Å². The molecule has 0 bridgehead atoms. The first-order valence-electron chi connectivity index (χ1n) is 6.25. The standard InChI is InChI=1S/C12H14N8S/c1-8-9(21-7-14-8)6-19(2)11-16-10(13)17-12(18-11)20-5-3-4-15-20/h3-5,7H,6H2,1-2H3,(H2,13,16,17,18). The van der Waals surface area contributed by atoms with Crippen LogP contribution in [0.2, 0.25) is 0 Å². The van der Waals surface area contributed by atoms with E-state index in [4.69, 9.17) is 5.73 Å². The summed E-state index contributed by atoms with van der Waals surface area (Å²) in [5.41, 5.74) is 8.61. The number of rotatable bonds is 4. The van der Waals surface area contributed by atoms with Gasteiger partial charge < -0.3 is 10.6 Å². The zero-order valence-corrected chi connectivity index (χ0v) is 12.4. The minimum absolute atomic E-state index is 0.165. The van der Waals surface area contributed by atoms with Gasteiger partial charge in [-0.1, -0.05) is 0 Å². The third kappa shape index (κ3) is 2.82. The number of aryl methyl sites for hydroxylation is 1. The number of thiazole rings is 1. The Morgan fingerprint density at radius 1 is 1.33 bits per heavy atom. The van der Waals surface area contributed by atoms with Gasteiger partial charge in [-0.2, -0.15) is 20.1 Å². The molecule has 8 nitrogen and oxygen atoms in total. The maximum Gasteiger partial charge on any atom is 0.257 e. The van der Waals surface area contributed by atoms with Crippen LogP contribution >= 0.6 is 11.3 Å². The molecular weight excluding hydrogens is 288 g/mol. The number of nitrogen functional groups attached to an aromatic ring is 1. The van der Waals surface area contributed by atoms with E-state index in [2.05, 4.69) is 25.0 Å². The van der Waals surface area contributed by atoms with Crippen molar-refractivity contribution >= 4 is 23.2 Å². The highest BCUT2D eigenvalue weighted by molar-refractivity contribution is 7.09. The minimum Gasteiger partial charge on any atom is -0.368 e. The summed E-state index contributed by atoms with van der Waals surface area (Å²) in [4.78, 5) is 20.0. The van der Waals surface area contributed by atoms with Gasteiger partial charge in [-0.05, 0) is 13.0 Å². The number of nitrogens with two attached hydrogens (primary N) is 1. The quantitative estimate of drug-likeness (QED) is 0.768. The van der Waals surface area contributed by atoms with Crippen molar-refractivity contribution in [2.75, 3.05) is 17.7 Å². The smallest absolute Gasteiger partial charge is 0.257 e. The summed E-state index contributed by atoms with van der Waals surface area (Å²) in [5, 5.41) is 4.10. The zero-order chi connectivity index (χ0) is 14.8. The molecule has 0 aliphatic carbocycles. The number of hydrogen-bond acceptors (Lipinski definition) is 8. The number of anilines is 2. The summed E-state index contributed by atoms with van der Waals surface area (Å²) in [7, 11) is 1.90. The van der Waals surface area contributed by atoms with Gasteiger partial charge in [0, 0.05) is 24.3 Å². The first kappa shape index (κ1) is 13.4. The molecular formula is C12H14N8S. The molecule has 3 heterocycles. The average Bonchev–Trinajstić information content (AvgIpc) is 3.11. The van der Waals surface area contributed by atoms with Gasteiger partial charge >= 0.3 is 0 Å². The molecule has 0 aromatic carbocycles. The fourth-order valence-corrected chi connectivity index (χ4v) is 2.62. The molecule has 0 spiro atoms. The molecule has 0 radical (unpaired) electrons. The highest BCUT2D eigenvalue weighted by Gasteiger charge is 2.12. The lowest BCUT2D eigenvalue weighted by molar-refractivity contribution is 0.778. The van der Waals surface area contributed by atoms with E-state index in [0.717, 1.165) is 10.6 Å².